The van der Waals surface area contributed by atoms with Gasteiger partial charge >= 0.3 is 0 Å². The van der Waals surface area contributed by atoms with Crippen molar-refractivity contribution >= 4 is 11.3 Å². The molecule has 0 radical (unpaired) electrons. The summed E-state index contributed by atoms with van der Waals surface area (Å²) in [5, 5.41) is 10.1. The van der Waals surface area contributed by atoms with Gasteiger partial charge < -0.3 is 5.32 Å². The van der Waals surface area contributed by atoms with E-state index in [1.165, 1.54) is 23.4 Å². The quantitative estimate of drug-likeness (QED) is 0.861. The van der Waals surface area contributed by atoms with E-state index in [0.717, 1.165) is 0 Å². The van der Waals surface area contributed by atoms with Crippen molar-refractivity contribution in [1.29, 1.82) is 0 Å². The van der Waals surface area contributed by atoms with Gasteiger partial charge in [0.15, 0.2) is 0 Å². The van der Waals surface area contributed by atoms with E-state index in [2.05, 4.69) is 47.8 Å². The minimum Gasteiger partial charge on any atom is -0.301 e. The highest BCUT2D eigenvalue weighted by Crippen LogP contribution is 2.26. The number of thiophene rings is 1. The number of nitrogens with zero attached hydrogens (tertiary/aromatic N) is 2. The third kappa shape index (κ3) is 3.00. The van der Waals surface area contributed by atoms with Gasteiger partial charge in [-0.2, -0.15) is 5.10 Å². The highest BCUT2D eigenvalue weighted by Gasteiger charge is 2.17. The molecule has 98 valence electrons. The highest BCUT2D eigenvalue weighted by atomic mass is 32.1. The van der Waals surface area contributed by atoms with E-state index < -0.39 is 0 Å². The van der Waals surface area contributed by atoms with Crippen LogP contribution in [-0.4, -0.2) is 9.78 Å². The summed E-state index contributed by atoms with van der Waals surface area (Å²) in [6, 6.07) is 7.18. The van der Waals surface area contributed by atoms with E-state index >= 15 is 0 Å². The lowest BCUT2D eigenvalue weighted by molar-refractivity contribution is 0.428. The monoisotopic (exact) mass is 263 g/mol. The first-order valence-corrected chi connectivity index (χ1v) is 7.37. The van der Waals surface area contributed by atoms with Crippen molar-refractivity contribution in [3.05, 3.63) is 40.3 Å². The molecule has 0 aliphatic rings. The zero-order valence-corrected chi connectivity index (χ0v) is 12.1. The van der Waals surface area contributed by atoms with Crippen LogP contribution in [0.15, 0.2) is 29.8 Å². The Morgan fingerprint density at radius 2 is 2.28 bits per heavy atom. The lowest BCUT2D eigenvalue weighted by atomic mass is 10.1. The standard InChI is InChI=1S/C14H21N3S/c1-4-6-12(14-7-5-10-18-14)16-11(2)13-8-9-15-17(13)3/h5,7-12,16H,4,6H2,1-3H3. The number of aromatic nitrogens is 2. The molecule has 0 aromatic carbocycles. The molecular weight excluding hydrogens is 242 g/mol. The largest absolute Gasteiger partial charge is 0.301 e. The molecule has 0 fully saturated rings. The Morgan fingerprint density at radius 1 is 1.44 bits per heavy atom. The van der Waals surface area contributed by atoms with Gasteiger partial charge in [0, 0.05) is 30.2 Å². The minimum atomic E-state index is 0.316. The Labute approximate surface area is 113 Å². The predicted molar refractivity (Wildman–Crippen MR) is 76.7 cm³/mol. The number of aryl methyl sites for hydroxylation is 1. The lowest BCUT2D eigenvalue weighted by Gasteiger charge is -2.22. The van der Waals surface area contributed by atoms with Gasteiger partial charge in [-0.1, -0.05) is 19.4 Å². The van der Waals surface area contributed by atoms with Crippen LogP contribution in [0.1, 0.15) is 49.3 Å². The molecule has 0 saturated heterocycles. The Bertz CT molecular complexity index is 461. The van der Waals surface area contributed by atoms with Crippen LogP contribution in [-0.2, 0) is 7.05 Å². The van der Waals surface area contributed by atoms with Crippen molar-refractivity contribution in [2.24, 2.45) is 7.05 Å². The fraction of sp³-hybridized carbons (Fsp3) is 0.500. The Hall–Kier alpha value is -1.13. The second-order valence-corrected chi connectivity index (χ2v) is 5.60. The van der Waals surface area contributed by atoms with Gasteiger partial charge in [-0.15, -0.1) is 11.3 Å². The van der Waals surface area contributed by atoms with Gasteiger partial charge in [-0.3, -0.25) is 4.68 Å². The highest BCUT2D eigenvalue weighted by molar-refractivity contribution is 7.10. The average Bonchev–Trinajstić information content (AvgIpc) is 2.98. The van der Waals surface area contributed by atoms with Gasteiger partial charge in [0.1, 0.15) is 0 Å². The van der Waals surface area contributed by atoms with Crippen molar-refractivity contribution in [2.75, 3.05) is 0 Å². The number of rotatable bonds is 6. The third-order valence-corrected chi connectivity index (χ3v) is 4.20. The zero-order valence-electron chi connectivity index (χ0n) is 11.3. The maximum atomic E-state index is 4.23. The van der Waals surface area contributed by atoms with Crippen molar-refractivity contribution in [1.82, 2.24) is 15.1 Å². The van der Waals surface area contributed by atoms with E-state index in [9.17, 15) is 0 Å². The SMILES string of the molecule is CCCC(NC(C)c1ccnn1C)c1cccs1. The Morgan fingerprint density at radius 3 is 2.83 bits per heavy atom. The van der Waals surface area contributed by atoms with Crippen LogP contribution in [0, 0.1) is 0 Å². The molecule has 3 nitrogen and oxygen atoms in total. The molecule has 0 saturated carbocycles. The van der Waals surface area contributed by atoms with E-state index in [0.29, 0.717) is 12.1 Å². The van der Waals surface area contributed by atoms with Gasteiger partial charge in [-0.05, 0) is 30.9 Å². The summed E-state index contributed by atoms with van der Waals surface area (Å²) >= 11 is 1.83. The maximum absolute atomic E-state index is 4.23. The van der Waals surface area contributed by atoms with Crippen molar-refractivity contribution < 1.29 is 0 Å². The summed E-state index contributed by atoms with van der Waals surface area (Å²) in [5.74, 6) is 0. The first-order chi connectivity index (χ1) is 8.72. The molecule has 2 aromatic heterocycles. The number of hydrogen-bond acceptors (Lipinski definition) is 3. The lowest BCUT2D eigenvalue weighted by Crippen LogP contribution is -2.25. The fourth-order valence-corrected chi connectivity index (χ4v) is 3.10. The molecule has 2 rings (SSSR count). The molecule has 0 amide bonds. The molecule has 0 spiro atoms. The summed E-state index contributed by atoms with van der Waals surface area (Å²) < 4.78 is 1.94. The Kier molecular flexibility index (Phi) is 4.55. The molecule has 2 heterocycles. The van der Waals surface area contributed by atoms with E-state index in [1.54, 1.807) is 0 Å². The number of nitrogens with one attached hydrogen (secondary N) is 1. The molecule has 2 unspecified atom stereocenters. The van der Waals surface area contributed by atoms with E-state index in [1.807, 2.05) is 29.3 Å². The normalized spacial score (nSPS) is 14.6. The van der Waals surface area contributed by atoms with Crippen LogP contribution >= 0.6 is 11.3 Å². The molecule has 1 N–H and O–H groups in total. The van der Waals surface area contributed by atoms with Crippen molar-refractivity contribution in [3.63, 3.8) is 0 Å². The minimum absolute atomic E-state index is 0.316. The number of hydrogen-bond donors (Lipinski definition) is 1. The fourth-order valence-electron chi connectivity index (χ4n) is 2.28. The van der Waals surface area contributed by atoms with Gasteiger partial charge in [0.25, 0.3) is 0 Å². The first-order valence-electron chi connectivity index (χ1n) is 6.49. The van der Waals surface area contributed by atoms with E-state index in [-0.39, 0.29) is 0 Å². The topological polar surface area (TPSA) is 29.9 Å². The van der Waals surface area contributed by atoms with Crippen molar-refractivity contribution in [2.45, 2.75) is 38.8 Å². The summed E-state index contributed by atoms with van der Waals surface area (Å²) in [6.07, 6.45) is 4.21. The van der Waals surface area contributed by atoms with Gasteiger partial charge in [-0.25, -0.2) is 0 Å². The van der Waals surface area contributed by atoms with E-state index in [4.69, 9.17) is 0 Å². The second kappa shape index (κ2) is 6.16. The molecule has 0 aliphatic carbocycles. The van der Waals surface area contributed by atoms with Crippen molar-refractivity contribution in [3.8, 4) is 0 Å². The summed E-state index contributed by atoms with van der Waals surface area (Å²) in [5.41, 5.74) is 1.23. The summed E-state index contributed by atoms with van der Waals surface area (Å²) in [6.45, 7) is 4.43. The smallest absolute Gasteiger partial charge is 0.0547 e. The van der Waals surface area contributed by atoms with Crippen LogP contribution in [0.3, 0.4) is 0 Å². The zero-order chi connectivity index (χ0) is 13.0. The predicted octanol–water partition coefficient (Wildman–Crippen LogP) is 3.67. The van der Waals surface area contributed by atoms with Crippen LogP contribution in [0.25, 0.3) is 0 Å². The summed E-state index contributed by atoms with van der Waals surface area (Å²) in [7, 11) is 1.99. The molecule has 18 heavy (non-hydrogen) atoms. The van der Waals surface area contributed by atoms with Crippen LogP contribution < -0.4 is 5.32 Å². The molecular formula is C14H21N3S. The first kappa shape index (κ1) is 13.3. The van der Waals surface area contributed by atoms with Crippen LogP contribution in [0.4, 0.5) is 0 Å². The average molecular weight is 263 g/mol. The second-order valence-electron chi connectivity index (χ2n) is 4.62. The molecule has 2 aromatic rings. The molecule has 0 aliphatic heterocycles. The molecule has 0 bridgehead atoms. The summed E-state index contributed by atoms with van der Waals surface area (Å²) in [4.78, 5) is 1.42. The van der Waals surface area contributed by atoms with Crippen LogP contribution in [0.2, 0.25) is 0 Å². The van der Waals surface area contributed by atoms with Crippen LogP contribution in [0.5, 0.6) is 0 Å². The van der Waals surface area contributed by atoms with Gasteiger partial charge in [0.05, 0.1) is 5.69 Å². The van der Waals surface area contributed by atoms with Gasteiger partial charge in [0.2, 0.25) is 0 Å². The Balaban J connectivity index is 2.07. The molecule has 4 heteroatoms. The third-order valence-electron chi connectivity index (χ3n) is 3.22. The maximum Gasteiger partial charge on any atom is 0.0547 e. The molecule has 2 atom stereocenters.